The van der Waals surface area contributed by atoms with E-state index in [0.29, 0.717) is 38.9 Å². The lowest BCUT2D eigenvalue weighted by Gasteiger charge is -2.41. The lowest BCUT2D eigenvalue weighted by molar-refractivity contribution is -0.151. The van der Waals surface area contributed by atoms with E-state index < -0.39 is 0 Å². The fourth-order valence-corrected chi connectivity index (χ4v) is 6.88. The van der Waals surface area contributed by atoms with Crippen molar-refractivity contribution in [2.75, 3.05) is 37.8 Å². The van der Waals surface area contributed by atoms with Crippen LogP contribution in [-0.4, -0.2) is 44.9 Å². The number of ether oxygens (including phenoxy) is 3. The van der Waals surface area contributed by atoms with Crippen molar-refractivity contribution in [2.24, 2.45) is 0 Å². The number of nitrogens with zero attached hydrogens (tertiary/aromatic N) is 1. The molecule has 0 bridgehead atoms. The highest BCUT2D eigenvalue weighted by Crippen LogP contribution is 2.50. The van der Waals surface area contributed by atoms with Crippen LogP contribution in [0.5, 0.6) is 5.75 Å². The SMILES string of the molecule is CCOC(=O)CC1(c2ccc(OCc3ccc(CN4c5ccccc5C5(CCNCC5)C4C)cc3)cc2)COC1. The molecule has 1 spiro atoms. The summed E-state index contributed by atoms with van der Waals surface area (Å²) in [6.45, 7) is 9.32. The third-order valence-electron chi connectivity index (χ3n) is 9.31. The number of carbonyl (C=O) groups is 1. The quantitative estimate of drug-likeness (QED) is 0.361. The van der Waals surface area contributed by atoms with Gasteiger partial charge in [0.2, 0.25) is 0 Å². The number of hydrogen-bond donors (Lipinski definition) is 1. The summed E-state index contributed by atoms with van der Waals surface area (Å²) in [7, 11) is 0. The summed E-state index contributed by atoms with van der Waals surface area (Å²) in [5, 5.41) is 3.55. The molecule has 2 saturated heterocycles. The normalized spacial score (nSPS) is 20.6. The topological polar surface area (TPSA) is 60.0 Å². The Morgan fingerprint density at radius 1 is 0.975 bits per heavy atom. The zero-order valence-corrected chi connectivity index (χ0v) is 23.7. The number of carbonyl (C=O) groups excluding carboxylic acids is 1. The maximum absolute atomic E-state index is 12.1. The van der Waals surface area contributed by atoms with Crippen molar-refractivity contribution < 1.29 is 19.0 Å². The van der Waals surface area contributed by atoms with Gasteiger partial charge in [0.1, 0.15) is 12.4 Å². The van der Waals surface area contributed by atoms with E-state index >= 15 is 0 Å². The molecule has 3 heterocycles. The Bertz CT molecular complexity index is 1310. The average Bonchev–Trinajstić information content (AvgIpc) is 3.18. The largest absolute Gasteiger partial charge is 0.489 e. The Kier molecular flexibility index (Phi) is 7.56. The summed E-state index contributed by atoms with van der Waals surface area (Å²) in [5.74, 6) is 0.637. The number of fused-ring (bicyclic) bond motifs is 2. The zero-order valence-electron chi connectivity index (χ0n) is 23.7. The number of benzene rings is 3. The smallest absolute Gasteiger partial charge is 0.306 e. The highest BCUT2D eigenvalue weighted by molar-refractivity contribution is 5.72. The molecule has 6 nitrogen and oxygen atoms in total. The Morgan fingerprint density at radius 3 is 2.35 bits per heavy atom. The fourth-order valence-electron chi connectivity index (χ4n) is 6.88. The van der Waals surface area contributed by atoms with Gasteiger partial charge in [-0.05, 0) is 80.2 Å². The standard InChI is InChI=1S/C34H40N2O4/c1-3-39-32(37)20-33(23-38-24-33)28-12-14-29(15-13-28)40-22-27-10-8-26(9-11-27)21-36-25(2)34(16-18-35-19-17-34)30-6-4-5-7-31(30)36/h4-15,25,35H,3,16-24H2,1-2H3. The third kappa shape index (κ3) is 4.99. The van der Waals surface area contributed by atoms with Gasteiger partial charge in [-0.25, -0.2) is 0 Å². The second kappa shape index (κ2) is 11.3. The summed E-state index contributed by atoms with van der Waals surface area (Å²) < 4.78 is 16.7. The molecule has 1 N–H and O–H groups in total. The van der Waals surface area contributed by atoms with Gasteiger partial charge in [-0.15, -0.1) is 0 Å². The second-order valence-corrected chi connectivity index (χ2v) is 11.6. The first-order valence-corrected chi connectivity index (χ1v) is 14.6. The van der Waals surface area contributed by atoms with Crippen LogP contribution in [-0.2, 0) is 38.2 Å². The molecule has 3 aromatic rings. The van der Waals surface area contributed by atoms with E-state index in [2.05, 4.69) is 65.7 Å². The molecule has 40 heavy (non-hydrogen) atoms. The maximum atomic E-state index is 12.1. The number of hydrogen-bond acceptors (Lipinski definition) is 6. The van der Waals surface area contributed by atoms with Crippen LogP contribution in [0.3, 0.4) is 0 Å². The first kappa shape index (κ1) is 26.9. The van der Waals surface area contributed by atoms with Crippen molar-refractivity contribution in [1.29, 1.82) is 0 Å². The maximum Gasteiger partial charge on any atom is 0.306 e. The zero-order chi connectivity index (χ0) is 27.6. The number of rotatable bonds is 9. The van der Waals surface area contributed by atoms with Crippen LogP contribution in [0.2, 0.25) is 0 Å². The lowest BCUT2D eigenvalue weighted by Crippen LogP contribution is -2.48. The van der Waals surface area contributed by atoms with Crippen LogP contribution >= 0.6 is 0 Å². The van der Waals surface area contributed by atoms with E-state index in [1.54, 1.807) is 0 Å². The molecule has 0 saturated carbocycles. The molecule has 0 aromatic heterocycles. The van der Waals surface area contributed by atoms with E-state index in [0.717, 1.165) is 36.5 Å². The molecule has 1 unspecified atom stereocenters. The van der Waals surface area contributed by atoms with Crippen molar-refractivity contribution in [2.45, 2.75) is 63.1 Å². The molecule has 0 amide bonds. The summed E-state index contributed by atoms with van der Waals surface area (Å²) >= 11 is 0. The van der Waals surface area contributed by atoms with Gasteiger partial charge < -0.3 is 24.4 Å². The Balaban J connectivity index is 1.07. The molecular formula is C34H40N2O4. The molecular weight excluding hydrogens is 500 g/mol. The molecule has 0 radical (unpaired) electrons. The van der Waals surface area contributed by atoms with Gasteiger partial charge in [0.15, 0.2) is 0 Å². The Hall–Kier alpha value is -3.35. The molecule has 3 aliphatic rings. The molecule has 2 fully saturated rings. The van der Waals surface area contributed by atoms with E-state index in [9.17, 15) is 4.79 Å². The first-order valence-electron chi connectivity index (χ1n) is 14.6. The van der Waals surface area contributed by atoms with Crippen molar-refractivity contribution in [3.8, 4) is 5.75 Å². The van der Waals surface area contributed by atoms with Crippen molar-refractivity contribution >= 4 is 11.7 Å². The van der Waals surface area contributed by atoms with Gasteiger partial charge in [-0.3, -0.25) is 4.79 Å². The van der Waals surface area contributed by atoms with Crippen molar-refractivity contribution in [3.05, 3.63) is 95.1 Å². The molecule has 1 atom stereocenters. The van der Waals surface area contributed by atoms with Crippen molar-refractivity contribution in [3.63, 3.8) is 0 Å². The summed E-state index contributed by atoms with van der Waals surface area (Å²) in [5.41, 5.74) is 6.42. The minimum absolute atomic E-state index is 0.177. The van der Waals surface area contributed by atoms with E-state index in [1.165, 1.54) is 29.7 Å². The summed E-state index contributed by atoms with van der Waals surface area (Å²) in [4.78, 5) is 14.7. The number of anilines is 1. The molecule has 3 aliphatic heterocycles. The van der Waals surface area contributed by atoms with Crippen LogP contribution in [0, 0.1) is 0 Å². The van der Waals surface area contributed by atoms with Crippen LogP contribution in [0.15, 0.2) is 72.8 Å². The number of para-hydroxylation sites is 1. The second-order valence-electron chi connectivity index (χ2n) is 11.6. The minimum Gasteiger partial charge on any atom is -0.489 e. The highest BCUT2D eigenvalue weighted by atomic mass is 16.5. The lowest BCUT2D eigenvalue weighted by atomic mass is 9.70. The van der Waals surface area contributed by atoms with E-state index in [1.807, 2.05) is 31.2 Å². The van der Waals surface area contributed by atoms with Gasteiger partial charge in [0, 0.05) is 23.7 Å². The molecule has 210 valence electrons. The first-order chi connectivity index (χ1) is 19.5. The number of nitrogens with one attached hydrogen (secondary N) is 1. The average molecular weight is 541 g/mol. The molecule has 3 aromatic carbocycles. The van der Waals surface area contributed by atoms with Gasteiger partial charge >= 0.3 is 5.97 Å². The van der Waals surface area contributed by atoms with Crippen LogP contribution < -0.4 is 15.0 Å². The van der Waals surface area contributed by atoms with Crippen LogP contribution in [0.1, 0.15) is 55.4 Å². The molecule has 0 aliphatic carbocycles. The summed E-state index contributed by atoms with van der Waals surface area (Å²) in [6, 6.07) is 26.4. The van der Waals surface area contributed by atoms with Gasteiger partial charge in [0.25, 0.3) is 0 Å². The van der Waals surface area contributed by atoms with Crippen LogP contribution in [0.25, 0.3) is 0 Å². The fraction of sp³-hybridized carbons (Fsp3) is 0.441. The molecule has 6 rings (SSSR count). The minimum atomic E-state index is -0.290. The van der Waals surface area contributed by atoms with Gasteiger partial charge in [0.05, 0.1) is 31.7 Å². The van der Waals surface area contributed by atoms with Crippen molar-refractivity contribution in [1.82, 2.24) is 5.32 Å². The van der Waals surface area contributed by atoms with Gasteiger partial charge in [-0.2, -0.15) is 0 Å². The summed E-state index contributed by atoms with van der Waals surface area (Å²) in [6.07, 6.45) is 2.73. The Labute approximate surface area is 237 Å². The van der Waals surface area contributed by atoms with E-state index in [-0.39, 0.29) is 16.8 Å². The predicted molar refractivity (Wildman–Crippen MR) is 157 cm³/mol. The predicted octanol–water partition coefficient (Wildman–Crippen LogP) is 5.52. The van der Waals surface area contributed by atoms with Gasteiger partial charge in [-0.1, -0.05) is 54.6 Å². The van der Waals surface area contributed by atoms with Crippen LogP contribution in [0.4, 0.5) is 5.69 Å². The number of esters is 1. The monoisotopic (exact) mass is 540 g/mol. The third-order valence-corrected chi connectivity index (χ3v) is 9.31. The Morgan fingerprint density at radius 2 is 1.68 bits per heavy atom. The molecule has 6 heteroatoms. The number of piperidine rings is 1. The van der Waals surface area contributed by atoms with E-state index in [4.69, 9.17) is 14.2 Å². The highest BCUT2D eigenvalue weighted by Gasteiger charge is 2.48.